The van der Waals surface area contributed by atoms with Crippen molar-refractivity contribution in [2.24, 2.45) is 0 Å². The summed E-state index contributed by atoms with van der Waals surface area (Å²) in [6.07, 6.45) is 2.23. The van der Waals surface area contributed by atoms with Gasteiger partial charge in [-0.2, -0.15) is 0 Å². The first kappa shape index (κ1) is 22.4. The highest BCUT2D eigenvalue weighted by molar-refractivity contribution is 7.80. The molecule has 0 aliphatic carbocycles. The minimum atomic E-state index is -0.374. The Hall–Kier alpha value is -3.33. The molecule has 164 valence electrons. The molecule has 0 bridgehead atoms. The van der Waals surface area contributed by atoms with Crippen molar-refractivity contribution in [2.75, 3.05) is 31.0 Å². The van der Waals surface area contributed by atoms with Crippen molar-refractivity contribution < 1.29 is 23.8 Å². The van der Waals surface area contributed by atoms with Crippen molar-refractivity contribution in [1.82, 2.24) is 5.32 Å². The number of fused-ring (bicyclic) bond motifs is 1. The van der Waals surface area contributed by atoms with Crippen LogP contribution in [0.5, 0.6) is 17.2 Å². The molecule has 9 heteroatoms. The van der Waals surface area contributed by atoms with Crippen LogP contribution in [-0.4, -0.2) is 37.3 Å². The Labute approximate surface area is 186 Å². The van der Waals surface area contributed by atoms with Crippen LogP contribution in [0.25, 0.3) is 0 Å². The lowest BCUT2D eigenvalue weighted by molar-refractivity contribution is -0.116. The molecule has 2 amide bonds. The van der Waals surface area contributed by atoms with Gasteiger partial charge in [0.25, 0.3) is 5.91 Å². The van der Waals surface area contributed by atoms with E-state index in [1.165, 1.54) is 7.11 Å². The van der Waals surface area contributed by atoms with E-state index < -0.39 is 0 Å². The first-order valence-electron chi connectivity index (χ1n) is 10.00. The summed E-state index contributed by atoms with van der Waals surface area (Å²) in [6, 6.07) is 10.1. The number of unbranched alkanes of at least 4 members (excludes halogenated alkanes) is 1. The minimum Gasteiger partial charge on any atom is -0.494 e. The van der Waals surface area contributed by atoms with Crippen LogP contribution in [0.3, 0.4) is 0 Å². The number of thiocarbonyl (C=S) groups is 1. The molecular formula is C22H25N3O5S. The maximum Gasteiger partial charge on any atom is 0.257 e. The molecule has 2 aromatic carbocycles. The number of benzene rings is 2. The highest BCUT2D eigenvalue weighted by atomic mass is 32.1. The van der Waals surface area contributed by atoms with E-state index in [1.54, 1.807) is 36.4 Å². The molecule has 1 heterocycles. The molecule has 0 fully saturated rings. The monoisotopic (exact) mass is 443 g/mol. The van der Waals surface area contributed by atoms with Gasteiger partial charge in [-0.3, -0.25) is 14.9 Å². The summed E-state index contributed by atoms with van der Waals surface area (Å²) in [7, 11) is 1.52. The number of methoxy groups -OCH3 is 1. The zero-order valence-corrected chi connectivity index (χ0v) is 18.3. The van der Waals surface area contributed by atoms with Crippen LogP contribution in [0.4, 0.5) is 11.4 Å². The normalized spacial score (nSPS) is 11.9. The number of anilines is 2. The molecule has 0 saturated heterocycles. The summed E-state index contributed by atoms with van der Waals surface area (Å²) in [6.45, 7) is 2.95. The number of rotatable bonds is 7. The van der Waals surface area contributed by atoms with Crippen molar-refractivity contribution in [3.8, 4) is 17.2 Å². The third kappa shape index (κ3) is 6.08. The molecule has 0 spiro atoms. The van der Waals surface area contributed by atoms with Crippen molar-refractivity contribution >= 4 is 40.5 Å². The van der Waals surface area contributed by atoms with Gasteiger partial charge in [-0.25, -0.2) is 0 Å². The first-order valence-corrected chi connectivity index (χ1v) is 10.4. The zero-order chi connectivity index (χ0) is 22.2. The first-order chi connectivity index (χ1) is 15.0. The lowest BCUT2D eigenvalue weighted by atomic mass is 10.2. The molecule has 2 aromatic rings. The molecule has 3 N–H and O–H groups in total. The SMILES string of the molecule is CCCCC(=O)Nc1ccc(NC(=S)NC(=O)c2ccc3c(c2)OCCO3)cc1OC. The van der Waals surface area contributed by atoms with Gasteiger partial charge < -0.3 is 24.8 Å². The van der Waals surface area contributed by atoms with Crippen LogP contribution in [0.2, 0.25) is 0 Å². The molecule has 0 saturated carbocycles. The average Bonchev–Trinajstić information content (AvgIpc) is 2.78. The highest BCUT2D eigenvalue weighted by Crippen LogP contribution is 2.31. The molecule has 1 aliphatic rings. The molecule has 1 aliphatic heterocycles. The van der Waals surface area contributed by atoms with Gasteiger partial charge in [0.2, 0.25) is 5.91 Å². The largest absolute Gasteiger partial charge is 0.494 e. The summed E-state index contributed by atoms with van der Waals surface area (Å²) in [5, 5.41) is 8.54. The van der Waals surface area contributed by atoms with E-state index in [9.17, 15) is 9.59 Å². The van der Waals surface area contributed by atoms with E-state index in [1.807, 2.05) is 6.92 Å². The molecule has 31 heavy (non-hydrogen) atoms. The Morgan fingerprint density at radius 3 is 2.58 bits per heavy atom. The predicted molar refractivity (Wildman–Crippen MR) is 122 cm³/mol. The van der Waals surface area contributed by atoms with Crippen molar-refractivity contribution in [3.05, 3.63) is 42.0 Å². The Morgan fingerprint density at radius 1 is 1.06 bits per heavy atom. The lowest BCUT2D eigenvalue weighted by Crippen LogP contribution is -2.34. The molecule has 3 rings (SSSR count). The highest BCUT2D eigenvalue weighted by Gasteiger charge is 2.16. The Kier molecular flexibility index (Phi) is 7.66. The third-order valence-electron chi connectivity index (χ3n) is 4.52. The van der Waals surface area contributed by atoms with Gasteiger partial charge >= 0.3 is 0 Å². The van der Waals surface area contributed by atoms with Crippen molar-refractivity contribution in [2.45, 2.75) is 26.2 Å². The van der Waals surface area contributed by atoms with Gasteiger partial charge in [-0.05, 0) is 49.0 Å². The number of amides is 2. The molecule has 0 atom stereocenters. The van der Waals surface area contributed by atoms with E-state index >= 15 is 0 Å². The fraction of sp³-hybridized carbons (Fsp3) is 0.318. The molecule has 0 aromatic heterocycles. The molecular weight excluding hydrogens is 418 g/mol. The van der Waals surface area contributed by atoms with Crippen LogP contribution in [0.15, 0.2) is 36.4 Å². The van der Waals surface area contributed by atoms with Crippen molar-refractivity contribution in [1.29, 1.82) is 0 Å². The van der Waals surface area contributed by atoms with Gasteiger partial charge in [0.15, 0.2) is 16.6 Å². The van der Waals surface area contributed by atoms with E-state index in [2.05, 4.69) is 16.0 Å². The van der Waals surface area contributed by atoms with Gasteiger partial charge in [-0.1, -0.05) is 13.3 Å². The standard InChI is InChI=1S/C22H25N3O5S/c1-3-4-5-20(26)24-16-8-7-15(13-18(16)28-2)23-22(31)25-21(27)14-6-9-17-19(12-14)30-11-10-29-17/h6-9,12-13H,3-5,10-11H2,1-2H3,(H,24,26)(H2,23,25,27,31). The van der Waals surface area contributed by atoms with E-state index in [-0.39, 0.29) is 16.9 Å². The van der Waals surface area contributed by atoms with Gasteiger partial charge in [-0.15, -0.1) is 0 Å². The number of hydrogen-bond donors (Lipinski definition) is 3. The number of ether oxygens (including phenoxy) is 3. The minimum absolute atomic E-state index is 0.0666. The second kappa shape index (κ2) is 10.6. The maximum atomic E-state index is 12.5. The second-order valence-corrected chi connectivity index (χ2v) is 7.24. The van der Waals surface area contributed by atoms with Gasteiger partial charge in [0.1, 0.15) is 19.0 Å². The summed E-state index contributed by atoms with van der Waals surface area (Å²) in [4.78, 5) is 24.5. The molecule has 8 nitrogen and oxygen atoms in total. The summed E-state index contributed by atoms with van der Waals surface area (Å²) < 4.78 is 16.3. The molecule has 0 unspecified atom stereocenters. The molecule has 0 radical (unpaired) electrons. The van der Waals surface area contributed by atoms with Crippen LogP contribution in [-0.2, 0) is 4.79 Å². The van der Waals surface area contributed by atoms with Crippen molar-refractivity contribution in [3.63, 3.8) is 0 Å². The Bertz CT molecular complexity index is 980. The number of hydrogen-bond acceptors (Lipinski definition) is 6. The number of carbonyl (C=O) groups excluding carboxylic acids is 2. The quantitative estimate of drug-likeness (QED) is 0.561. The summed E-state index contributed by atoms with van der Waals surface area (Å²) in [5.74, 6) is 1.18. The fourth-order valence-corrected chi connectivity index (χ4v) is 3.16. The summed E-state index contributed by atoms with van der Waals surface area (Å²) >= 11 is 5.25. The van der Waals surface area contributed by atoms with E-state index in [4.69, 9.17) is 26.4 Å². The Balaban J connectivity index is 1.60. The fourth-order valence-electron chi connectivity index (χ4n) is 2.94. The number of carbonyl (C=O) groups is 2. The van der Waals surface area contributed by atoms with Crippen LogP contribution in [0, 0.1) is 0 Å². The second-order valence-electron chi connectivity index (χ2n) is 6.83. The van der Waals surface area contributed by atoms with E-state index in [0.29, 0.717) is 53.8 Å². The number of nitrogens with one attached hydrogen (secondary N) is 3. The Morgan fingerprint density at radius 2 is 1.84 bits per heavy atom. The van der Waals surface area contributed by atoms with Crippen LogP contribution >= 0.6 is 12.2 Å². The summed E-state index contributed by atoms with van der Waals surface area (Å²) in [5.41, 5.74) is 1.58. The van der Waals surface area contributed by atoms with Gasteiger partial charge in [0.05, 0.1) is 12.8 Å². The lowest BCUT2D eigenvalue weighted by Gasteiger charge is -2.19. The zero-order valence-electron chi connectivity index (χ0n) is 17.4. The third-order valence-corrected chi connectivity index (χ3v) is 4.73. The average molecular weight is 444 g/mol. The van der Waals surface area contributed by atoms with Gasteiger partial charge in [0, 0.05) is 23.7 Å². The maximum absolute atomic E-state index is 12.5. The van der Waals surface area contributed by atoms with Crippen LogP contribution in [0.1, 0.15) is 36.5 Å². The topological polar surface area (TPSA) is 97.9 Å². The smallest absolute Gasteiger partial charge is 0.257 e. The van der Waals surface area contributed by atoms with E-state index in [0.717, 1.165) is 12.8 Å². The van der Waals surface area contributed by atoms with Crippen LogP contribution < -0.4 is 30.2 Å². The predicted octanol–water partition coefficient (Wildman–Crippen LogP) is 3.72.